The van der Waals surface area contributed by atoms with Crippen LogP contribution in [0.4, 0.5) is 11.4 Å². The number of allylic oxidation sites excluding steroid dienone is 1. The Hall–Kier alpha value is -1.95. The van der Waals surface area contributed by atoms with E-state index in [0.29, 0.717) is 0 Å². The first-order valence-electron chi connectivity index (χ1n) is 8.89. The zero-order valence-electron chi connectivity index (χ0n) is 16.3. The van der Waals surface area contributed by atoms with Crippen LogP contribution in [-0.4, -0.2) is 13.6 Å². The van der Waals surface area contributed by atoms with E-state index in [2.05, 4.69) is 74.5 Å². The second-order valence-electron chi connectivity index (χ2n) is 6.96. The minimum absolute atomic E-state index is 0.906. The number of nitrogens with one attached hydrogen (secondary N) is 1. The first kappa shape index (κ1) is 18.8. The highest BCUT2D eigenvalue weighted by Gasteiger charge is 2.18. The van der Waals surface area contributed by atoms with Crippen molar-refractivity contribution >= 4 is 23.1 Å². The van der Waals surface area contributed by atoms with Crippen molar-refractivity contribution in [3.05, 3.63) is 64.4 Å². The number of nitrogens with zero attached hydrogens (tertiary/aromatic N) is 2. The molecule has 5 heteroatoms. The molecule has 0 aromatic heterocycles. The summed E-state index contributed by atoms with van der Waals surface area (Å²) in [6, 6.07) is 13.0. The molecule has 0 bridgehead atoms. The monoisotopic (exact) mass is 368 g/mol. The minimum Gasteiger partial charge on any atom is -0.314 e. The van der Waals surface area contributed by atoms with E-state index in [4.69, 9.17) is 5.84 Å². The third-order valence-corrected chi connectivity index (χ3v) is 6.21. The Morgan fingerprint density at radius 3 is 2.50 bits per heavy atom. The topological polar surface area (TPSA) is 44.5 Å². The molecule has 3 rings (SSSR count). The van der Waals surface area contributed by atoms with Crippen LogP contribution in [-0.2, 0) is 5.75 Å². The highest BCUT2D eigenvalue weighted by molar-refractivity contribution is 7.98. The standard InChI is InChI=1S/C21H28N4S/c1-14-7-6-8-20(24(5)22)19(14)13-26-21-10-9-18(11-15(21)2)25-17(4)16(3)12-23-25/h6-11,23H,12-13,22H2,1-5H3. The first-order valence-corrected chi connectivity index (χ1v) is 9.87. The maximum absolute atomic E-state index is 6.00. The zero-order valence-corrected chi connectivity index (χ0v) is 17.1. The fourth-order valence-electron chi connectivity index (χ4n) is 3.21. The maximum atomic E-state index is 6.00. The molecule has 1 aliphatic heterocycles. The third kappa shape index (κ3) is 3.75. The summed E-state index contributed by atoms with van der Waals surface area (Å²) in [6.45, 7) is 9.59. The lowest BCUT2D eigenvalue weighted by molar-refractivity contribution is 0.786. The molecule has 0 saturated heterocycles. The van der Waals surface area contributed by atoms with E-state index in [1.54, 1.807) is 5.01 Å². The summed E-state index contributed by atoms with van der Waals surface area (Å²) in [6.07, 6.45) is 0. The Morgan fingerprint density at radius 2 is 1.88 bits per heavy atom. The molecule has 0 fully saturated rings. The molecular formula is C21H28N4S. The van der Waals surface area contributed by atoms with Gasteiger partial charge in [0.2, 0.25) is 0 Å². The molecule has 26 heavy (non-hydrogen) atoms. The lowest BCUT2D eigenvalue weighted by atomic mass is 10.1. The molecule has 0 unspecified atom stereocenters. The van der Waals surface area contributed by atoms with Crippen LogP contribution < -0.4 is 21.3 Å². The van der Waals surface area contributed by atoms with Gasteiger partial charge < -0.3 is 5.01 Å². The van der Waals surface area contributed by atoms with Gasteiger partial charge in [-0.05, 0) is 74.2 Å². The van der Waals surface area contributed by atoms with Crippen molar-refractivity contribution in [2.75, 3.05) is 23.6 Å². The number of anilines is 2. The Kier molecular flexibility index (Phi) is 5.61. The molecule has 3 N–H and O–H groups in total. The fourth-order valence-corrected chi connectivity index (χ4v) is 4.34. The average Bonchev–Trinajstić information content (AvgIpc) is 2.93. The molecule has 2 aromatic rings. The van der Waals surface area contributed by atoms with Gasteiger partial charge in [0, 0.05) is 29.9 Å². The molecule has 1 heterocycles. The summed E-state index contributed by atoms with van der Waals surface area (Å²) < 4.78 is 0. The predicted octanol–water partition coefficient (Wildman–Crippen LogP) is 4.52. The molecule has 2 aromatic carbocycles. The van der Waals surface area contributed by atoms with Crippen LogP contribution in [0.15, 0.2) is 52.6 Å². The minimum atomic E-state index is 0.906. The molecule has 0 radical (unpaired) electrons. The number of hydrogen-bond acceptors (Lipinski definition) is 5. The van der Waals surface area contributed by atoms with Crippen LogP contribution in [0, 0.1) is 13.8 Å². The number of hydrazine groups is 2. The summed E-state index contributed by atoms with van der Waals surface area (Å²) in [5.74, 6) is 6.91. The molecule has 4 nitrogen and oxygen atoms in total. The van der Waals surface area contributed by atoms with Gasteiger partial charge in [0.05, 0.1) is 11.4 Å². The molecule has 0 amide bonds. The molecule has 138 valence electrons. The van der Waals surface area contributed by atoms with Gasteiger partial charge in [-0.3, -0.25) is 5.01 Å². The third-order valence-electron chi connectivity index (χ3n) is 5.01. The highest BCUT2D eigenvalue weighted by atomic mass is 32.2. The van der Waals surface area contributed by atoms with Gasteiger partial charge in [0.15, 0.2) is 0 Å². The SMILES string of the molecule is CC1=C(C)N(c2ccc(SCc3c(C)cccc3N(C)N)c(C)c2)NC1. The van der Waals surface area contributed by atoms with Gasteiger partial charge in [-0.2, -0.15) is 0 Å². The smallest absolute Gasteiger partial charge is 0.0577 e. The van der Waals surface area contributed by atoms with Gasteiger partial charge in [-0.15, -0.1) is 11.8 Å². The molecule has 0 atom stereocenters. The van der Waals surface area contributed by atoms with Crippen LogP contribution >= 0.6 is 11.8 Å². The van der Waals surface area contributed by atoms with E-state index in [0.717, 1.165) is 18.0 Å². The van der Waals surface area contributed by atoms with Crippen LogP contribution in [0.3, 0.4) is 0 Å². The van der Waals surface area contributed by atoms with Crippen molar-refractivity contribution < 1.29 is 0 Å². The number of hydrogen-bond donors (Lipinski definition) is 2. The molecule has 0 spiro atoms. The molecule has 0 aliphatic carbocycles. The van der Waals surface area contributed by atoms with Gasteiger partial charge in [0.25, 0.3) is 0 Å². The van der Waals surface area contributed by atoms with E-state index < -0.39 is 0 Å². The van der Waals surface area contributed by atoms with Crippen molar-refractivity contribution in [3.63, 3.8) is 0 Å². The van der Waals surface area contributed by atoms with Crippen molar-refractivity contribution in [2.45, 2.75) is 38.3 Å². The Balaban J connectivity index is 1.78. The first-order chi connectivity index (χ1) is 12.4. The second-order valence-corrected chi connectivity index (χ2v) is 7.98. The molecule has 0 saturated carbocycles. The van der Waals surface area contributed by atoms with Crippen molar-refractivity contribution in [1.82, 2.24) is 5.43 Å². The number of rotatable bonds is 5. The summed E-state index contributed by atoms with van der Waals surface area (Å²) in [4.78, 5) is 1.31. The Labute approximate surface area is 161 Å². The van der Waals surface area contributed by atoms with Crippen molar-refractivity contribution in [1.29, 1.82) is 0 Å². The van der Waals surface area contributed by atoms with Crippen molar-refractivity contribution in [3.8, 4) is 0 Å². The lowest BCUT2D eigenvalue weighted by Crippen LogP contribution is -2.30. The lowest BCUT2D eigenvalue weighted by Gasteiger charge is -2.22. The largest absolute Gasteiger partial charge is 0.314 e. The summed E-state index contributed by atoms with van der Waals surface area (Å²) in [5.41, 5.74) is 12.3. The van der Waals surface area contributed by atoms with Crippen LogP contribution in [0.5, 0.6) is 0 Å². The molecule has 1 aliphatic rings. The van der Waals surface area contributed by atoms with E-state index in [1.807, 2.05) is 18.8 Å². The number of aryl methyl sites for hydroxylation is 2. The van der Waals surface area contributed by atoms with E-state index in [-0.39, 0.29) is 0 Å². The van der Waals surface area contributed by atoms with E-state index in [9.17, 15) is 0 Å². The van der Waals surface area contributed by atoms with Crippen molar-refractivity contribution in [2.24, 2.45) is 5.84 Å². The van der Waals surface area contributed by atoms with E-state index >= 15 is 0 Å². The van der Waals surface area contributed by atoms with Crippen LogP contribution in [0.1, 0.15) is 30.5 Å². The quantitative estimate of drug-likeness (QED) is 0.461. The highest BCUT2D eigenvalue weighted by Crippen LogP contribution is 2.34. The Bertz CT molecular complexity index is 842. The summed E-state index contributed by atoms with van der Waals surface area (Å²) >= 11 is 1.87. The number of benzene rings is 2. The van der Waals surface area contributed by atoms with Gasteiger partial charge in [-0.25, -0.2) is 11.3 Å². The van der Waals surface area contributed by atoms with Crippen LogP contribution in [0.2, 0.25) is 0 Å². The normalized spacial score (nSPS) is 14.3. The fraction of sp³-hybridized carbons (Fsp3) is 0.333. The maximum Gasteiger partial charge on any atom is 0.0577 e. The average molecular weight is 369 g/mol. The number of thioether (sulfide) groups is 1. The Morgan fingerprint density at radius 1 is 1.12 bits per heavy atom. The second kappa shape index (κ2) is 7.74. The van der Waals surface area contributed by atoms with Gasteiger partial charge in [0.1, 0.15) is 0 Å². The summed E-state index contributed by atoms with van der Waals surface area (Å²) in [7, 11) is 1.89. The molecular weight excluding hydrogens is 340 g/mol. The van der Waals surface area contributed by atoms with Crippen LogP contribution in [0.25, 0.3) is 0 Å². The van der Waals surface area contributed by atoms with E-state index in [1.165, 1.54) is 38.5 Å². The van der Waals surface area contributed by atoms with Gasteiger partial charge >= 0.3 is 0 Å². The predicted molar refractivity (Wildman–Crippen MR) is 113 cm³/mol. The number of nitrogens with two attached hydrogens (primary N) is 1. The van der Waals surface area contributed by atoms with Gasteiger partial charge in [-0.1, -0.05) is 12.1 Å². The zero-order chi connectivity index (χ0) is 18.8. The summed E-state index contributed by atoms with van der Waals surface area (Å²) in [5, 5.41) is 3.88.